The van der Waals surface area contributed by atoms with Gasteiger partial charge in [0.2, 0.25) is 0 Å². The third kappa shape index (κ3) is 2.08. The number of nitro groups is 1. The Balaban J connectivity index is 3.33. The number of benzene rings is 1. The van der Waals surface area contributed by atoms with E-state index in [1.54, 1.807) is 0 Å². The van der Waals surface area contributed by atoms with Crippen LogP contribution in [0.15, 0.2) is 12.1 Å². The maximum Gasteiger partial charge on any atom is 0.289 e. The summed E-state index contributed by atoms with van der Waals surface area (Å²) in [5.41, 5.74) is -0.233. The van der Waals surface area contributed by atoms with Crippen molar-refractivity contribution in [3.8, 4) is 0 Å². The number of hydrogen-bond acceptors (Lipinski definition) is 2. The van der Waals surface area contributed by atoms with Gasteiger partial charge in [-0.3, -0.25) is 10.1 Å². The Morgan fingerprint density at radius 1 is 1.46 bits per heavy atom. The fraction of sp³-hybridized carbons (Fsp3) is 0.143. The number of nitrogens with zero attached hydrogens (tertiary/aromatic N) is 1. The van der Waals surface area contributed by atoms with Crippen LogP contribution in [0, 0.1) is 10.1 Å². The molecule has 0 N–H and O–H groups in total. The Morgan fingerprint density at radius 3 is 2.54 bits per heavy atom. The van der Waals surface area contributed by atoms with Crippen LogP contribution in [0.25, 0.3) is 0 Å². The molecule has 0 radical (unpaired) electrons. The maximum atomic E-state index is 12.2. The predicted octanol–water partition coefficient (Wildman–Crippen LogP) is 3.37. The van der Waals surface area contributed by atoms with E-state index in [0.717, 1.165) is 6.07 Å². The quantitative estimate of drug-likeness (QED) is 0.570. The van der Waals surface area contributed by atoms with Gasteiger partial charge in [0, 0.05) is 6.07 Å². The molecular formula is C7H4Cl2FNO2. The molecule has 1 aromatic carbocycles. The highest BCUT2D eigenvalue weighted by molar-refractivity contribution is 6.43. The minimum absolute atomic E-state index is 0.0106. The lowest BCUT2D eigenvalue weighted by Gasteiger charge is -2.00. The van der Waals surface area contributed by atoms with Gasteiger partial charge in [-0.1, -0.05) is 23.2 Å². The van der Waals surface area contributed by atoms with Crippen LogP contribution >= 0.6 is 23.2 Å². The van der Waals surface area contributed by atoms with E-state index in [0.29, 0.717) is 0 Å². The first kappa shape index (κ1) is 10.2. The van der Waals surface area contributed by atoms with E-state index in [1.165, 1.54) is 6.07 Å². The van der Waals surface area contributed by atoms with Gasteiger partial charge < -0.3 is 0 Å². The van der Waals surface area contributed by atoms with Gasteiger partial charge in [0.1, 0.15) is 11.7 Å². The second kappa shape index (κ2) is 3.89. The van der Waals surface area contributed by atoms with Crippen molar-refractivity contribution >= 4 is 28.9 Å². The van der Waals surface area contributed by atoms with Crippen LogP contribution in [-0.4, -0.2) is 4.92 Å². The molecule has 0 atom stereocenters. The summed E-state index contributed by atoms with van der Waals surface area (Å²) in [7, 11) is 0. The molecule has 0 saturated carbocycles. The van der Waals surface area contributed by atoms with Gasteiger partial charge in [0.15, 0.2) is 0 Å². The zero-order valence-corrected chi connectivity index (χ0v) is 7.77. The van der Waals surface area contributed by atoms with Gasteiger partial charge in [-0.15, -0.1) is 0 Å². The van der Waals surface area contributed by atoms with E-state index >= 15 is 0 Å². The number of hydrogen-bond donors (Lipinski definition) is 0. The molecule has 0 amide bonds. The van der Waals surface area contributed by atoms with Crippen molar-refractivity contribution in [2.45, 2.75) is 6.67 Å². The van der Waals surface area contributed by atoms with Crippen molar-refractivity contribution in [3.63, 3.8) is 0 Å². The lowest BCUT2D eigenvalue weighted by atomic mass is 10.2. The summed E-state index contributed by atoms with van der Waals surface area (Å²) in [4.78, 5) is 9.68. The van der Waals surface area contributed by atoms with Crippen molar-refractivity contribution in [1.29, 1.82) is 0 Å². The van der Waals surface area contributed by atoms with Crippen molar-refractivity contribution in [3.05, 3.63) is 37.9 Å². The average molecular weight is 224 g/mol. The molecule has 3 nitrogen and oxygen atoms in total. The molecule has 6 heteroatoms. The smallest absolute Gasteiger partial charge is 0.258 e. The summed E-state index contributed by atoms with van der Waals surface area (Å²) in [6.07, 6.45) is 0. The first-order valence-electron chi connectivity index (χ1n) is 3.24. The molecule has 70 valence electrons. The zero-order valence-electron chi connectivity index (χ0n) is 6.26. The summed E-state index contributed by atoms with van der Waals surface area (Å²) in [5, 5.41) is 10.2. The molecular weight excluding hydrogens is 220 g/mol. The predicted molar refractivity (Wildman–Crippen MR) is 47.9 cm³/mol. The highest BCUT2D eigenvalue weighted by Crippen LogP contribution is 2.33. The van der Waals surface area contributed by atoms with Gasteiger partial charge in [-0.25, -0.2) is 4.39 Å². The van der Waals surface area contributed by atoms with E-state index in [-0.39, 0.29) is 21.3 Å². The molecule has 0 aliphatic rings. The van der Waals surface area contributed by atoms with Gasteiger partial charge in [0.25, 0.3) is 5.69 Å². The number of halogens is 3. The van der Waals surface area contributed by atoms with Gasteiger partial charge in [-0.05, 0) is 11.6 Å². The van der Waals surface area contributed by atoms with Gasteiger partial charge in [0.05, 0.1) is 9.95 Å². The molecule has 0 aliphatic heterocycles. The Hall–Kier alpha value is -0.870. The standard InChI is InChI=1S/C7H4Cl2FNO2/c8-5-1-4(3-10)2-6(7(5)9)11(12)13/h1-2H,3H2. The Bertz CT molecular complexity index is 357. The molecule has 0 heterocycles. The fourth-order valence-electron chi connectivity index (χ4n) is 0.839. The lowest BCUT2D eigenvalue weighted by Crippen LogP contribution is -1.91. The summed E-state index contributed by atoms with van der Waals surface area (Å²) in [5.74, 6) is 0. The Labute approximate surface area is 83.2 Å². The average Bonchev–Trinajstić information content (AvgIpc) is 2.09. The lowest BCUT2D eigenvalue weighted by molar-refractivity contribution is -0.384. The largest absolute Gasteiger partial charge is 0.289 e. The third-order valence-corrected chi connectivity index (χ3v) is 2.21. The molecule has 0 fully saturated rings. The third-order valence-electron chi connectivity index (χ3n) is 1.42. The van der Waals surface area contributed by atoms with E-state index in [2.05, 4.69) is 0 Å². The van der Waals surface area contributed by atoms with Gasteiger partial charge in [-0.2, -0.15) is 0 Å². The highest BCUT2D eigenvalue weighted by Gasteiger charge is 2.16. The number of alkyl halides is 1. The van der Waals surface area contributed by atoms with Crippen molar-refractivity contribution in [1.82, 2.24) is 0 Å². The van der Waals surface area contributed by atoms with Crippen molar-refractivity contribution in [2.24, 2.45) is 0 Å². The van der Waals surface area contributed by atoms with Crippen LogP contribution in [0.2, 0.25) is 10.0 Å². The highest BCUT2D eigenvalue weighted by atomic mass is 35.5. The van der Waals surface area contributed by atoms with Crippen molar-refractivity contribution in [2.75, 3.05) is 0 Å². The van der Waals surface area contributed by atoms with Crippen LogP contribution in [0.5, 0.6) is 0 Å². The summed E-state index contributed by atoms with van der Waals surface area (Å²) < 4.78 is 12.2. The summed E-state index contributed by atoms with van der Waals surface area (Å²) in [6, 6.07) is 2.32. The molecule has 0 unspecified atom stereocenters. The van der Waals surface area contributed by atoms with Crippen LogP contribution in [0.3, 0.4) is 0 Å². The first-order chi connectivity index (χ1) is 6.06. The number of nitro benzene ring substituents is 1. The molecule has 1 aromatic rings. The summed E-state index contributed by atoms with van der Waals surface area (Å²) >= 11 is 11.1. The molecule has 0 saturated heterocycles. The minimum atomic E-state index is -0.808. The first-order valence-corrected chi connectivity index (χ1v) is 4.00. The zero-order chi connectivity index (χ0) is 10.0. The van der Waals surface area contributed by atoms with Crippen molar-refractivity contribution < 1.29 is 9.31 Å². The van der Waals surface area contributed by atoms with E-state index in [1.807, 2.05) is 0 Å². The van der Waals surface area contributed by atoms with Crippen LogP contribution in [0.4, 0.5) is 10.1 Å². The second-order valence-electron chi connectivity index (χ2n) is 2.30. The van der Waals surface area contributed by atoms with E-state index in [4.69, 9.17) is 23.2 Å². The number of rotatable bonds is 2. The SMILES string of the molecule is O=[N+]([O-])c1cc(CF)cc(Cl)c1Cl. The molecule has 0 bridgehead atoms. The van der Waals surface area contributed by atoms with E-state index in [9.17, 15) is 14.5 Å². The maximum absolute atomic E-state index is 12.2. The normalized spacial score (nSPS) is 10.1. The molecule has 13 heavy (non-hydrogen) atoms. The molecule has 0 aliphatic carbocycles. The second-order valence-corrected chi connectivity index (χ2v) is 3.09. The van der Waals surface area contributed by atoms with Gasteiger partial charge >= 0.3 is 0 Å². The molecule has 0 spiro atoms. The molecule has 1 rings (SSSR count). The van der Waals surface area contributed by atoms with Crippen LogP contribution in [0.1, 0.15) is 5.56 Å². The van der Waals surface area contributed by atoms with Crippen LogP contribution < -0.4 is 0 Å². The monoisotopic (exact) mass is 223 g/mol. The summed E-state index contributed by atoms with van der Waals surface area (Å²) in [6.45, 7) is -0.808. The molecule has 0 aromatic heterocycles. The minimum Gasteiger partial charge on any atom is -0.258 e. The fourth-order valence-corrected chi connectivity index (χ4v) is 1.25. The topological polar surface area (TPSA) is 43.1 Å². The van der Waals surface area contributed by atoms with E-state index < -0.39 is 11.6 Å². The van der Waals surface area contributed by atoms with Crippen LogP contribution in [-0.2, 0) is 6.67 Å². The Kier molecular flexibility index (Phi) is 3.06. The Morgan fingerprint density at radius 2 is 2.08 bits per heavy atom.